The molecule has 220 valence electrons. The van der Waals surface area contributed by atoms with Gasteiger partial charge in [-0.1, -0.05) is 48.9 Å². The van der Waals surface area contributed by atoms with Gasteiger partial charge < -0.3 is 24.4 Å². The van der Waals surface area contributed by atoms with E-state index in [-0.39, 0.29) is 39.6 Å². The number of rotatable bonds is 13. The third-order valence-corrected chi connectivity index (χ3v) is 8.45. The average Bonchev–Trinajstić information content (AvgIpc) is 2.99. The first-order valence-corrected chi connectivity index (χ1v) is 14.6. The molecule has 0 saturated heterocycles. The van der Waals surface area contributed by atoms with Crippen LogP contribution in [-0.2, 0) is 26.2 Å². The topological polar surface area (TPSA) is 114 Å². The number of nitrogens with one attached hydrogen (secondary N) is 1. The predicted molar refractivity (Wildman–Crippen MR) is 157 cm³/mol. The molecule has 41 heavy (non-hydrogen) atoms. The number of amides is 2. The van der Waals surface area contributed by atoms with Crippen molar-refractivity contribution in [3.05, 3.63) is 77.3 Å². The van der Waals surface area contributed by atoms with E-state index in [9.17, 15) is 18.0 Å². The molecule has 2 amide bonds. The summed E-state index contributed by atoms with van der Waals surface area (Å²) in [5.41, 5.74) is 0.827. The van der Waals surface area contributed by atoms with Gasteiger partial charge >= 0.3 is 0 Å². The van der Waals surface area contributed by atoms with Crippen LogP contribution in [0.1, 0.15) is 18.9 Å². The molecule has 1 atom stereocenters. The summed E-state index contributed by atoms with van der Waals surface area (Å²) in [5, 5.41) is 2.83. The maximum absolute atomic E-state index is 14.2. The van der Waals surface area contributed by atoms with Crippen LogP contribution in [-0.4, -0.2) is 66.1 Å². The van der Waals surface area contributed by atoms with E-state index in [4.69, 9.17) is 25.8 Å². The van der Waals surface area contributed by atoms with E-state index in [1.165, 1.54) is 63.6 Å². The summed E-state index contributed by atoms with van der Waals surface area (Å²) in [7, 11) is 1.29. The lowest BCUT2D eigenvalue weighted by Crippen LogP contribution is -2.51. The molecule has 3 aromatic rings. The lowest BCUT2D eigenvalue weighted by Gasteiger charge is -2.33. The normalized spacial score (nSPS) is 11.8. The Labute approximate surface area is 245 Å². The highest BCUT2D eigenvalue weighted by molar-refractivity contribution is 7.92. The Bertz CT molecular complexity index is 1470. The van der Waals surface area contributed by atoms with Crippen molar-refractivity contribution in [2.75, 3.05) is 39.2 Å². The molecule has 3 aromatic carbocycles. The zero-order valence-electron chi connectivity index (χ0n) is 23.6. The number of halogens is 1. The van der Waals surface area contributed by atoms with Crippen LogP contribution in [0.15, 0.2) is 71.6 Å². The Kier molecular flexibility index (Phi) is 10.8. The number of ether oxygens (including phenoxy) is 3. The lowest BCUT2D eigenvalue weighted by molar-refractivity contribution is -0.140. The van der Waals surface area contributed by atoms with Gasteiger partial charge in [0.15, 0.2) is 11.5 Å². The number of hydrogen-bond donors (Lipinski definition) is 1. The van der Waals surface area contributed by atoms with Gasteiger partial charge in [-0.2, -0.15) is 0 Å². The van der Waals surface area contributed by atoms with Crippen LogP contribution in [0, 0.1) is 0 Å². The first-order chi connectivity index (χ1) is 19.6. The molecule has 1 N–H and O–H groups in total. The van der Waals surface area contributed by atoms with E-state index in [1.54, 1.807) is 13.0 Å². The average molecular weight is 604 g/mol. The van der Waals surface area contributed by atoms with Crippen LogP contribution >= 0.6 is 11.6 Å². The van der Waals surface area contributed by atoms with Crippen LogP contribution in [0.4, 0.5) is 5.69 Å². The quantitative estimate of drug-likeness (QED) is 0.313. The highest BCUT2D eigenvalue weighted by atomic mass is 35.5. The number of methoxy groups -OCH3 is 3. The fraction of sp³-hybridized carbons (Fsp3) is 0.310. The highest BCUT2D eigenvalue weighted by Crippen LogP contribution is 2.37. The van der Waals surface area contributed by atoms with Crippen molar-refractivity contribution in [1.29, 1.82) is 0 Å². The number of carbonyl (C=O) groups excluding carboxylic acids is 2. The largest absolute Gasteiger partial charge is 0.495 e. The van der Waals surface area contributed by atoms with Gasteiger partial charge in [-0.25, -0.2) is 8.42 Å². The summed E-state index contributed by atoms with van der Waals surface area (Å²) < 4.78 is 45.4. The maximum Gasteiger partial charge on any atom is 0.265 e. The molecule has 0 aliphatic heterocycles. The van der Waals surface area contributed by atoms with Gasteiger partial charge in [0.1, 0.15) is 18.3 Å². The standard InChI is InChI=1S/C29H34ClN3O7S/c1-6-23(29(35)31-2)32(18-20-10-8-7-9-11-20)28(34)19-33(24-16-21(30)12-14-25(24)38-3)41(36,37)22-13-15-26(39-4)27(17-22)40-5/h7-17,23H,6,18-19H2,1-5H3,(H,31,35)/t23-/m0/s1. The predicted octanol–water partition coefficient (Wildman–Crippen LogP) is 4.11. The van der Waals surface area contributed by atoms with E-state index in [1.807, 2.05) is 30.3 Å². The van der Waals surface area contributed by atoms with E-state index >= 15 is 0 Å². The van der Waals surface area contributed by atoms with Gasteiger partial charge in [0, 0.05) is 24.7 Å². The Morgan fingerprint density at radius 2 is 1.54 bits per heavy atom. The molecule has 0 aliphatic carbocycles. The van der Waals surface area contributed by atoms with Gasteiger partial charge in [-0.15, -0.1) is 0 Å². The first kappa shape index (κ1) is 31.6. The zero-order chi connectivity index (χ0) is 30.2. The summed E-state index contributed by atoms with van der Waals surface area (Å²) >= 11 is 6.28. The van der Waals surface area contributed by atoms with Gasteiger partial charge in [-0.05, 0) is 42.3 Å². The number of nitrogens with zero attached hydrogens (tertiary/aromatic N) is 2. The summed E-state index contributed by atoms with van der Waals surface area (Å²) in [6.45, 7) is 1.22. The SMILES string of the molecule is CC[C@@H](C(=O)NC)N(Cc1ccccc1)C(=O)CN(c1cc(Cl)ccc1OC)S(=O)(=O)c1ccc(OC)c(OC)c1. The molecule has 0 spiro atoms. The molecule has 0 saturated carbocycles. The molecular formula is C29H34ClN3O7S. The molecule has 0 unspecified atom stereocenters. The monoisotopic (exact) mass is 603 g/mol. The lowest BCUT2D eigenvalue weighted by atomic mass is 10.1. The molecule has 0 heterocycles. The van der Waals surface area contributed by atoms with Crippen LogP contribution < -0.4 is 23.8 Å². The Balaban J connectivity index is 2.17. The fourth-order valence-corrected chi connectivity index (χ4v) is 5.94. The van der Waals surface area contributed by atoms with Crippen molar-refractivity contribution in [3.8, 4) is 17.2 Å². The second-order valence-electron chi connectivity index (χ2n) is 8.89. The Morgan fingerprint density at radius 3 is 2.12 bits per heavy atom. The minimum absolute atomic E-state index is 0.0517. The molecule has 0 radical (unpaired) electrons. The summed E-state index contributed by atoms with van der Waals surface area (Å²) in [6, 6.07) is 16.9. The molecule has 0 aliphatic rings. The van der Waals surface area contributed by atoms with Crippen LogP contribution in [0.2, 0.25) is 5.02 Å². The minimum Gasteiger partial charge on any atom is -0.495 e. The molecule has 0 aromatic heterocycles. The summed E-state index contributed by atoms with van der Waals surface area (Å²) in [4.78, 5) is 28.1. The molecule has 0 fully saturated rings. The Morgan fingerprint density at radius 1 is 0.902 bits per heavy atom. The highest BCUT2D eigenvalue weighted by Gasteiger charge is 2.35. The van der Waals surface area contributed by atoms with Gasteiger partial charge in [-0.3, -0.25) is 13.9 Å². The van der Waals surface area contributed by atoms with E-state index in [2.05, 4.69) is 5.32 Å². The van der Waals surface area contributed by atoms with Crippen molar-refractivity contribution in [1.82, 2.24) is 10.2 Å². The van der Waals surface area contributed by atoms with Gasteiger partial charge in [0.05, 0.1) is 31.9 Å². The molecule has 10 nitrogen and oxygen atoms in total. The van der Waals surface area contributed by atoms with Crippen molar-refractivity contribution in [2.45, 2.75) is 30.8 Å². The van der Waals surface area contributed by atoms with Gasteiger partial charge in [0.25, 0.3) is 10.0 Å². The van der Waals surface area contributed by atoms with E-state index < -0.39 is 28.5 Å². The van der Waals surface area contributed by atoms with Crippen LogP contribution in [0.5, 0.6) is 17.2 Å². The second-order valence-corrected chi connectivity index (χ2v) is 11.2. The first-order valence-electron chi connectivity index (χ1n) is 12.7. The zero-order valence-corrected chi connectivity index (χ0v) is 25.2. The van der Waals surface area contributed by atoms with Gasteiger partial charge in [0.2, 0.25) is 11.8 Å². The summed E-state index contributed by atoms with van der Waals surface area (Å²) in [5.74, 6) is -0.268. The Hall–Kier alpha value is -3.96. The maximum atomic E-state index is 14.2. The molecule has 3 rings (SSSR count). The van der Waals surface area contributed by atoms with Crippen molar-refractivity contribution >= 4 is 39.1 Å². The van der Waals surface area contributed by atoms with Crippen molar-refractivity contribution in [2.24, 2.45) is 0 Å². The van der Waals surface area contributed by atoms with Crippen molar-refractivity contribution in [3.63, 3.8) is 0 Å². The molecule has 12 heteroatoms. The number of anilines is 1. The third-order valence-electron chi connectivity index (χ3n) is 6.46. The van der Waals surface area contributed by atoms with E-state index in [0.717, 1.165) is 9.87 Å². The minimum atomic E-state index is -4.41. The van der Waals surface area contributed by atoms with Crippen LogP contribution in [0.3, 0.4) is 0 Å². The molecule has 0 bridgehead atoms. The summed E-state index contributed by atoms with van der Waals surface area (Å²) in [6.07, 6.45) is 0.307. The smallest absolute Gasteiger partial charge is 0.265 e. The number of hydrogen-bond acceptors (Lipinski definition) is 7. The third kappa shape index (κ3) is 7.22. The van der Waals surface area contributed by atoms with Crippen molar-refractivity contribution < 1.29 is 32.2 Å². The second kappa shape index (κ2) is 14.1. The van der Waals surface area contributed by atoms with E-state index in [0.29, 0.717) is 12.2 Å². The molecular weight excluding hydrogens is 570 g/mol. The number of sulfonamides is 1. The number of benzene rings is 3. The number of likely N-dealkylation sites (N-methyl/N-ethyl adjacent to an activating group) is 1. The van der Waals surface area contributed by atoms with Crippen LogP contribution in [0.25, 0.3) is 0 Å². The number of carbonyl (C=O) groups is 2. The fourth-order valence-electron chi connectivity index (χ4n) is 4.34.